The average molecular weight is 365 g/mol. The average Bonchev–Trinajstić information content (AvgIpc) is 3.10. The first-order chi connectivity index (χ1) is 12.2. The van der Waals surface area contributed by atoms with Crippen LogP contribution in [0.15, 0.2) is 5.38 Å². The standard InChI is InChI=1S/C20H32N2O2S/c1-3-15(4-2)18(22-9-11-24-12-10-22)13-21-20(23)17-14-25-19-8-6-5-7-16(17)19/h14-15,18H,3-13H2,1-2H3,(H,21,23). The van der Waals surface area contributed by atoms with E-state index >= 15 is 0 Å². The Bertz CT molecular complexity index is 562. The molecule has 3 rings (SSSR count). The molecule has 1 aromatic heterocycles. The van der Waals surface area contributed by atoms with E-state index in [0.29, 0.717) is 12.0 Å². The van der Waals surface area contributed by atoms with Gasteiger partial charge in [0.15, 0.2) is 0 Å². The number of ether oxygens (including phenoxy) is 1. The number of hydrogen-bond acceptors (Lipinski definition) is 4. The molecule has 25 heavy (non-hydrogen) atoms. The molecule has 1 saturated heterocycles. The smallest absolute Gasteiger partial charge is 0.252 e. The Morgan fingerprint density at radius 1 is 1.24 bits per heavy atom. The maximum Gasteiger partial charge on any atom is 0.252 e. The second-order valence-corrected chi connectivity index (χ2v) is 8.22. The van der Waals surface area contributed by atoms with Gasteiger partial charge >= 0.3 is 0 Å². The lowest BCUT2D eigenvalue weighted by molar-refractivity contribution is 0.00191. The lowest BCUT2D eigenvalue weighted by Crippen LogP contribution is -2.52. The fourth-order valence-corrected chi connectivity index (χ4v) is 5.44. The first-order valence-electron chi connectivity index (χ1n) is 9.93. The Hall–Kier alpha value is -0.910. The molecule has 1 aliphatic carbocycles. The molecule has 2 aliphatic rings. The monoisotopic (exact) mass is 364 g/mol. The van der Waals surface area contributed by atoms with Crippen molar-refractivity contribution in [2.75, 3.05) is 32.8 Å². The molecular weight excluding hydrogens is 332 g/mol. The summed E-state index contributed by atoms with van der Waals surface area (Å²) >= 11 is 1.77. The Balaban J connectivity index is 1.65. The van der Waals surface area contributed by atoms with Crippen LogP contribution in [0.3, 0.4) is 0 Å². The first kappa shape index (κ1) is 18.9. The van der Waals surface area contributed by atoms with E-state index in [-0.39, 0.29) is 5.91 Å². The van der Waals surface area contributed by atoms with E-state index in [1.165, 1.54) is 23.3 Å². The summed E-state index contributed by atoms with van der Waals surface area (Å²) in [6.07, 6.45) is 7.01. The molecule has 4 nitrogen and oxygen atoms in total. The molecule has 1 amide bonds. The van der Waals surface area contributed by atoms with Gasteiger partial charge in [-0.15, -0.1) is 11.3 Å². The third-order valence-electron chi connectivity index (χ3n) is 5.89. The number of carbonyl (C=O) groups excluding carboxylic acids is 1. The Morgan fingerprint density at radius 2 is 1.96 bits per heavy atom. The maximum absolute atomic E-state index is 12.8. The van der Waals surface area contributed by atoms with Crippen LogP contribution in [-0.4, -0.2) is 49.7 Å². The minimum absolute atomic E-state index is 0.128. The largest absolute Gasteiger partial charge is 0.379 e. The summed E-state index contributed by atoms with van der Waals surface area (Å²) in [6, 6.07) is 0.414. The number of thiophene rings is 1. The summed E-state index contributed by atoms with van der Waals surface area (Å²) in [7, 11) is 0. The molecule has 1 aromatic rings. The number of fused-ring (bicyclic) bond motifs is 1. The van der Waals surface area contributed by atoms with Gasteiger partial charge in [0, 0.05) is 35.9 Å². The summed E-state index contributed by atoms with van der Waals surface area (Å²) in [6.45, 7) is 8.84. The van der Waals surface area contributed by atoms with E-state index in [1.807, 2.05) is 0 Å². The summed E-state index contributed by atoms with van der Waals surface area (Å²) < 4.78 is 5.52. The quantitative estimate of drug-likeness (QED) is 0.805. The highest BCUT2D eigenvalue weighted by Gasteiger charge is 2.28. The molecule has 0 aromatic carbocycles. The van der Waals surface area contributed by atoms with Gasteiger partial charge < -0.3 is 10.1 Å². The van der Waals surface area contributed by atoms with Crippen molar-refractivity contribution in [3.63, 3.8) is 0 Å². The molecule has 0 saturated carbocycles. The zero-order valence-corrected chi connectivity index (χ0v) is 16.5. The zero-order chi connectivity index (χ0) is 17.6. The van der Waals surface area contributed by atoms with Crippen LogP contribution in [0.5, 0.6) is 0 Å². The third kappa shape index (κ3) is 4.44. The van der Waals surface area contributed by atoms with E-state index < -0.39 is 0 Å². The number of rotatable bonds is 7. The van der Waals surface area contributed by atoms with Crippen molar-refractivity contribution in [1.29, 1.82) is 0 Å². The Morgan fingerprint density at radius 3 is 2.68 bits per heavy atom. The van der Waals surface area contributed by atoms with Crippen LogP contribution in [0.1, 0.15) is 60.3 Å². The Labute approximate surface area is 155 Å². The molecule has 1 aliphatic heterocycles. The van der Waals surface area contributed by atoms with Crippen LogP contribution < -0.4 is 5.32 Å². The van der Waals surface area contributed by atoms with Crippen molar-refractivity contribution >= 4 is 17.2 Å². The number of nitrogens with one attached hydrogen (secondary N) is 1. The first-order valence-corrected chi connectivity index (χ1v) is 10.8. The SMILES string of the molecule is CCC(CC)C(CNC(=O)c1csc2c1CCCC2)N1CCOCC1. The molecule has 0 bridgehead atoms. The van der Waals surface area contributed by atoms with Gasteiger partial charge in [0.1, 0.15) is 0 Å². The normalized spacial score (nSPS) is 19.6. The molecule has 1 unspecified atom stereocenters. The number of hydrogen-bond donors (Lipinski definition) is 1. The van der Waals surface area contributed by atoms with E-state index in [9.17, 15) is 4.79 Å². The van der Waals surface area contributed by atoms with Gasteiger partial charge in [-0.1, -0.05) is 26.7 Å². The van der Waals surface area contributed by atoms with Crippen molar-refractivity contribution in [3.8, 4) is 0 Å². The zero-order valence-electron chi connectivity index (χ0n) is 15.7. The van der Waals surface area contributed by atoms with E-state index in [2.05, 4.69) is 29.4 Å². The van der Waals surface area contributed by atoms with Crippen LogP contribution in [0.25, 0.3) is 0 Å². The van der Waals surface area contributed by atoms with Crippen molar-refractivity contribution in [2.45, 2.75) is 58.4 Å². The van der Waals surface area contributed by atoms with E-state index in [1.54, 1.807) is 11.3 Å². The van der Waals surface area contributed by atoms with Crippen LogP contribution in [0, 0.1) is 5.92 Å². The molecule has 2 heterocycles. The number of aryl methyl sites for hydroxylation is 1. The predicted octanol–water partition coefficient (Wildman–Crippen LogP) is 3.49. The Kier molecular flexibility index (Phi) is 6.91. The van der Waals surface area contributed by atoms with Crippen LogP contribution in [0.2, 0.25) is 0 Å². The maximum atomic E-state index is 12.8. The molecule has 1 N–H and O–H groups in total. The molecule has 1 fully saturated rings. The molecular formula is C20H32N2O2S. The highest BCUT2D eigenvalue weighted by atomic mass is 32.1. The highest BCUT2D eigenvalue weighted by molar-refractivity contribution is 7.10. The molecule has 5 heteroatoms. The van der Waals surface area contributed by atoms with Crippen molar-refractivity contribution in [1.82, 2.24) is 10.2 Å². The molecule has 0 radical (unpaired) electrons. The van der Waals surface area contributed by atoms with Gasteiger partial charge in [0.05, 0.1) is 18.8 Å². The van der Waals surface area contributed by atoms with E-state index in [0.717, 1.165) is 64.1 Å². The summed E-state index contributed by atoms with van der Waals surface area (Å²) in [5.74, 6) is 0.749. The lowest BCUT2D eigenvalue weighted by atomic mass is 9.92. The van der Waals surface area contributed by atoms with Gasteiger partial charge in [-0.2, -0.15) is 0 Å². The molecule has 0 spiro atoms. The minimum Gasteiger partial charge on any atom is -0.379 e. The number of nitrogens with zero attached hydrogens (tertiary/aromatic N) is 1. The topological polar surface area (TPSA) is 41.6 Å². The summed E-state index contributed by atoms with van der Waals surface area (Å²) in [5, 5.41) is 5.34. The minimum atomic E-state index is 0.128. The van der Waals surface area contributed by atoms with Crippen molar-refractivity contribution in [2.24, 2.45) is 5.92 Å². The van der Waals surface area contributed by atoms with Gasteiger partial charge in [-0.05, 0) is 37.2 Å². The van der Waals surface area contributed by atoms with Crippen LogP contribution in [0.4, 0.5) is 0 Å². The molecule has 1 atom stereocenters. The van der Waals surface area contributed by atoms with Gasteiger partial charge in [0.2, 0.25) is 0 Å². The predicted molar refractivity (Wildman–Crippen MR) is 104 cm³/mol. The van der Waals surface area contributed by atoms with Crippen LogP contribution in [-0.2, 0) is 17.6 Å². The van der Waals surface area contributed by atoms with Crippen molar-refractivity contribution < 1.29 is 9.53 Å². The third-order valence-corrected chi connectivity index (χ3v) is 6.97. The number of amides is 1. The highest BCUT2D eigenvalue weighted by Crippen LogP contribution is 2.30. The van der Waals surface area contributed by atoms with E-state index in [4.69, 9.17) is 4.74 Å². The second-order valence-electron chi connectivity index (χ2n) is 7.26. The second kappa shape index (κ2) is 9.15. The van der Waals surface area contributed by atoms with Crippen molar-refractivity contribution in [3.05, 3.63) is 21.4 Å². The fraction of sp³-hybridized carbons (Fsp3) is 0.750. The summed E-state index contributed by atoms with van der Waals surface area (Å²) in [4.78, 5) is 16.8. The lowest BCUT2D eigenvalue weighted by Gasteiger charge is -2.38. The number of carbonyl (C=O) groups is 1. The molecule has 140 valence electrons. The fourth-order valence-electron chi connectivity index (χ4n) is 4.31. The van der Waals surface area contributed by atoms with Gasteiger partial charge in [0.25, 0.3) is 5.91 Å². The summed E-state index contributed by atoms with van der Waals surface area (Å²) in [5.41, 5.74) is 2.25. The van der Waals surface area contributed by atoms with Gasteiger partial charge in [-0.25, -0.2) is 0 Å². The number of morpholine rings is 1. The van der Waals surface area contributed by atoms with Gasteiger partial charge in [-0.3, -0.25) is 9.69 Å². The van der Waals surface area contributed by atoms with Crippen LogP contribution >= 0.6 is 11.3 Å².